The number of aliphatic hydroxyl groups excluding tert-OH is 1. The zero-order valence-corrected chi connectivity index (χ0v) is 64.0. The summed E-state index contributed by atoms with van der Waals surface area (Å²) < 4.78 is 68.5. The Kier molecular flexibility index (Phi) is 69.3. The Bertz CT molecular complexity index is 2140. The van der Waals surface area contributed by atoms with E-state index in [1.807, 2.05) is 0 Å². The fraction of sp³-hybridized carbons (Fsp3) is 0.797. The van der Waals surface area contributed by atoms with Crippen LogP contribution < -0.4 is 0 Å². The number of rotatable bonds is 74. The minimum absolute atomic E-state index is 0.0916. The third-order valence-corrected chi connectivity index (χ3v) is 18.6. The highest BCUT2D eigenvalue weighted by Crippen LogP contribution is 2.45. The molecule has 17 nitrogen and oxygen atoms in total. The number of unbranched alkanes of at least 4 members (excludes halogenated alkanes) is 36. The summed E-state index contributed by atoms with van der Waals surface area (Å²) in [5, 5.41) is 10.6. The van der Waals surface area contributed by atoms with Crippen LogP contribution in [0.25, 0.3) is 0 Å². The number of esters is 4. The van der Waals surface area contributed by atoms with E-state index >= 15 is 0 Å². The SMILES string of the molecule is CC/C=C\C/C=C\C/C=C\C/C=C\C/C=C\CCCCCC(=O)OCC(COP(=O)(O)OCC(O)COP(=O)(O)OCC(COC(=O)CCCCCCC/C=C\CCCCCCCC)OC(=O)CCCCCCCCCCCCCCC)OC(=O)CCCCCCCCCCCCC. The van der Waals surface area contributed by atoms with E-state index in [9.17, 15) is 43.2 Å². The van der Waals surface area contributed by atoms with Gasteiger partial charge in [0.1, 0.15) is 19.3 Å². The van der Waals surface area contributed by atoms with Crippen molar-refractivity contribution >= 4 is 39.5 Å². The molecule has 0 spiro atoms. The van der Waals surface area contributed by atoms with Crippen molar-refractivity contribution in [3.8, 4) is 0 Å². The third-order valence-electron chi connectivity index (χ3n) is 16.7. The number of carbonyl (C=O) groups is 4. The first-order chi connectivity index (χ1) is 47.7. The lowest BCUT2D eigenvalue weighted by Gasteiger charge is -2.21. The quantitative estimate of drug-likeness (QED) is 0.0169. The third kappa shape index (κ3) is 70.9. The van der Waals surface area contributed by atoms with Crippen LogP contribution in [0.5, 0.6) is 0 Å². The second-order valence-corrected chi connectivity index (χ2v) is 29.2. The Morgan fingerprint density at radius 1 is 0.296 bits per heavy atom. The van der Waals surface area contributed by atoms with E-state index in [1.165, 1.54) is 128 Å². The average molecular weight is 1430 g/mol. The van der Waals surface area contributed by atoms with Gasteiger partial charge in [-0.3, -0.25) is 37.3 Å². The van der Waals surface area contributed by atoms with Crippen LogP contribution in [0.4, 0.5) is 0 Å². The molecule has 0 amide bonds. The molecule has 0 aliphatic rings. The molecule has 0 aliphatic carbocycles. The minimum Gasteiger partial charge on any atom is -0.462 e. The van der Waals surface area contributed by atoms with Crippen LogP contribution in [0.1, 0.15) is 349 Å². The lowest BCUT2D eigenvalue weighted by molar-refractivity contribution is -0.161. The van der Waals surface area contributed by atoms with Gasteiger partial charge in [-0.15, -0.1) is 0 Å². The van der Waals surface area contributed by atoms with Crippen molar-refractivity contribution in [2.24, 2.45) is 0 Å². The summed E-state index contributed by atoms with van der Waals surface area (Å²) in [5.74, 6) is -2.19. The Hall–Kier alpha value is -3.50. The molecule has 0 aliphatic heterocycles. The largest absolute Gasteiger partial charge is 0.472 e. The Labute approximate surface area is 596 Å². The summed E-state index contributed by atoms with van der Waals surface area (Å²) in [4.78, 5) is 72.8. The summed E-state index contributed by atoms with van der Waals surface area (Å²) in [7, 11) is -9.94. The fourth-order valence-electron chi connectivity index (χ4n) is 10.7. The lowest BCUT2D eigenvalue weighted by atomic mass is 10.0. The van der Waals surface area contributed by atoms with E-state index < -0.39 is 97.5 Å². The first-order valence-electron chi connectivity index (χ1n) is 39.2. The second kappa shape index (κ2) is 71.9. The fourth-order valence-corrected chi connectivity index (χ4v) is 12.3. The van der Waals surface area contributed by atoms with Gasteiger partial charge in [0.2, 0.25) is 0 Å². The number of phosphoric ester groups is 2. The number of aliphatic hydroxyl groups is 1. The molecule has 0 aromatic carbocycles. The van der Waals surface area contributed by atoms with Crippen molar-refractivity contribution in [2.75, 3.05) is 39.6 Å². The zero-order valence-electron chi connectivity index (χ0n) is 62.2. The number of carbonyl (C=O) groups excluding carboxylic acids is 4. The summed E-state index contributed by atoms with van der Waals surface area (Å²) in [6, 6.07) is 0. The van der Waals surface area contributed by atoms with Crippen molar-refractivity contribution in [3.05, 3.63) is 72.9 Å². The number of hydrogen-bond acceptors (Lipinski definition) is 15. The molecule has 0 aromatic rings. The van der Waals surface area contributed by atoms with Gasteiger partial charge in [0.25, 0.3) is 0 Å². The molecule has 0 radical (unpaired) electrons. The van der Waals surface area contributed by atoms with E-state index in [0.717, 1.165) is 141 Å². The molecule has 3 N–H and O–H groups in total. The van der Waals surface area contributed by atoms with Gasteiger partial charge in [0.05, 0.1) is 26.4 Å². The monoisotopic (exact) mass is 1420 g/mol. The van der Waals surface area contributed by atoms with E-state index in [4.69, 9.17) is 37.0 Å². The van der Waals surface area contributed by atoms with Gasteiger partial charge in [-0.2, -0.15) is 0 Å². The highest BCUT2D eigenvalue weighted by atomic mass is 31.2. The molecular weight excluding hydrogens is 1280 g/mol. The molecule has 0 bridgehead atoms. The summed E-state index contributed by atoms with van der Waals surface area (Å²) in [6.45, 7) is 4.75. The van der Waals surface area contributed by atoms with E-state index in [2.05, 4.69) is 101 Å². The molecule has 570 valence electrons. The molecule has 0 fully saturated rings. The second-order valence-electron chi connectivity index (χ2n) is 26.3. The number of hydrogen-bond donors (Lipinski definition) is 3. The first kappa shape index (κ1) is 94.5. The van der Waals surface area contributed by atoms with Gasteiger partial charge < -0.3 is 33.8 Å². The van der Waals surface area contributed by atoms with Crippen molar-refractivity contribution in [1.29, 1.82) is 0 Å². The normalized spacial score (nSPS) is 14.3. The Morgan fingerprint density at radius 2 is 0.531 bits per heavy atom. The van der Waals surface area contributed by atoms with Gasteiger partial charge >= 0.3 is 39.5 Å². The minimum atomic E-state index is -4.97. The summed E-state index contributed by atoms with van der Waals surface area (Å²) in [6.07, 6.45) is 71.7. The lowest BCUT2D eigenvalue weighted by Crippen LogP contribution is -2.30. The maximum absolute atomic E-state index is 13.1. The van der Waals surface area contributed by atoms with Crippen LogP contribution in [0.3, 0.4) is 0 Å². The highest BCUT2D eigenvalue weighted by Gasteiger charge is 2.30. The average Bonchev–Trinajstić information content (AvgIpc) is 1.00. The molecule has 0 saturated carbocycles. The predicted molar refractivity (Wildman–Crippen MR) is 400 cm³/mol. The Balaban J connectivity index is 5.31. The van der Waals surface area contributed by atoms with E-state index in [-0.39, 0.29) is 25.7 Å². The van der Waals surface area contributed by atoms with Crippen LogP contribution in [-0.4, -0.2) is 96.7 Å². The molecule has 0 heterocycles. The smallest absolute Gasteiger partial charge is 0.462 e. The summed E-state index contributed by atoms with van der Waals surface area (Å²) in [5.41, 5.74) is 0. The van der Waals surface area contributed by atoms with E-state index in [1.54, 1.807) is 0 Å². The van der Waals surface area contributed by atoms with Gasteiger partial charge in [0.15, 0.2) is 12.2 Å². The maximum Gasteiger partial charge on any atom is 0.472 e. The maximum atomic E-state index is 13.1. The molecular formula is C79H142O17P2. The molecule has 19 heteroatoms. The molecule has 0 aromatic heterocycles. The van der Waals surface area contributed by atoms with Crippen molar-refractivity contribution in [1.82, 2.24) is 0 Å². The zero-order chi connectivity index (χ0) is 71.8. The van der Waals surface area contributed by atoms with Gasteiger partial charge in [-0.25, -0.2) is 9.13 Å². The molecule has 5 atom stereocenters. The molecule has 5 unspecified atom stereocenters. The van der Waals surface area contributed by atoms with Gasteiger partial charge in [0, 0.05) is 25.7 Å². The van der Waals surface area contributed by atoms with Gasteiger partial charge in [-0.05, 0) is 96.3 Å². The van der Waals surface area contributed by atoms with Gasteiger partial charge in [-0.1, -0.05) is 300 Å². The predicted octanol–water partition coefficient (Wildman–Crippen LogP) is 22.4. The first-order valence-corrected chi connectivity index (χ1v) is 42.2. The van der Waals surface area contributed by atoms with Crippen LogP contribution in [0.15, 0.2) is 72.9 Å². The molecule has 0 saturated heterocycles. The van der Waals surface area contributed by atoms with Crippen molar-refractivity contribution < 1.29 is 80.2 Å². The highest BCUT2D eigenvalue weighted by molar-refractivity contribution is 7.47. The van der Waals surface area contributed by atoms with Crippen molar-refractivity contribution in [2.45, 2.75) is 367 Å². The number of phosphoric acid groups is 2. The topological polar surface area (TPSA) is 237 Å². The Morgan fingerprint density at radius 3 is 0.837 bits per heavy atom. The molecule has 98 heavy (non-hydrogen) atoms. The standard InChI is InChI=1S/C79H142O17P2/c1-5-9-13-17-21-25-29-32-34-35-36-37-39-42-45-48-52-56-60-64-77(82)89-69-74(95-78(83)65-61-57-53-49-43-28-24-20-16-12-8-4)71-93-97(85,86)91-67-73(80)68-92-98(87,88)94-72-75(96-79(84)66-62-58-54-50-46-40-31-27-23-19-15-11-7-3)70-90-76(81)63-59-55-51-47-44-41-38-33-30-26-22-18-14-10-6-2/h9,13,21,25,32-34,36-38,42,45,73-75,80H,5-8,10-12,14-20,22-24,26-31,35,39-41,43-44,46-72H2,1-4H3,(H,85,86)(H,87,88)/b13-9-,25-21-,34-32-,37-36-,38-33-,45-42-. The molecule has 0 rings (SSSR count). The van der Waals surface area contributed by atoms with Crippen LogP contribution >= 0.6 is 15.6 Å². The van der Waals surface area contributed by atoms with E-state index in [0.29, 0.717) is 25.7 Å². The van der Waals surface area contributed by atoms with Crippen LogP contribution in [0, 0.1) is 0 Å². The van der Waals surface area contributed by atoms with Crippen LogP contribution in [0.2, 0.25) is 0 Å². The van der Waals surface area contributed by atoms with Crippen LogP contribution in [-0.2, 0) is 65.4 Å². The number of ether oxygens (including phenoxy) is 4. The summed E-state index contributed by atoms with van der Waals surface area (Å²) >= 11 is 0. The number of allylic oxidation sites excluding steroid dienone is 12. The van der Waals surface area contributed by atoms with Crippen molar-refractivity contribution in [3.63, 3.8) is 0 Å².